The van der Waals surface area contributed by atoms with Crippen molar-refractivity contribution in [3.63, 3.8) is 0 Å². The van der Waals surface area contributed by atoms with E-state index in [0.29, 0.717) is 0 Å². The van der Waals surface area contributed by atoms with Crippen molar-refractivity contribution in [2.45, 2.75) is 0 Å². The first kappa shape index (κ1) is 20.5. The van der Waals surface area contributed by atoms with E-state index in [2.05, 4.69) is 150 Å². The van der Waals surface area contributed by atoms with Gasteiger partial charge in [0.25, 0.3) is 0 Å². The molecule has 3 heteroatoms. The van der Waals surface area contributed by atoms with Gasteiger partial charge in [0.05, 0.1) is 0 Å². The molecule has 0 aliphatic rings. The predicted octanol–water partition coefficient (Wildman–Crippen LogP) is 6.49. The van der Waals surface area contributed by atoms with E-state index in [9.17, 15) is 0 Å². The Balaban J connectivity index is 1.81. The Kier molecular flexibility index (Phi) is 7.28. The molecule has 0 amide bonds. The monoisotopic (exact) mass is 522 g/mol. The third-order valence-corrected chi connectivity index (χ3v) is 11.4. The number of hydrogen-bond donors (Lipinski definition) is 0. The zero-order valence-corrected chi connectivity index (χ0v) is 19.8. The minimum Gasteiger partial charge on any atom is -0.0622 e. The second-order valence-corrected chi connectivity index (χ2v) is 12.7. The highest BCUT2D eigenvalue weighted by atomic mass is 127. The lowest BCUT2D eigenvalue weighted by Gasteiger charge is -2.21. The van der Waals surface area contributed by atoms with Crippen LogP contribution in [0.2, 0.25) is 0 Å². The van der Waals surface area contributed by atoms with E-state index >= 15 is 0 Å². The van der Waals surface area contributed by atoms with Gasteiger partial charge in [-0.25, -0.2) is 0 Å². The summed E-state index contributed by atoms with van der Waals surface area (Å²) in [4.78, 5) is 0. The van der Waals surface area contributed by atoms with E-state index in [1.807, 2.05) is 0 Å². The van der Waals surface area contributed by atoms with Crippen LogP contribution in [-0.4, -0.2) is 0 Å². The fourth-order valence-electron chi connectivity index (χ4n) is 3.19. The summed E-state index contributed by atoms with van der Waals surface area (Å²) in [6.45, 7) is 0. The van der Waals surface area contributed by atoms with Crippen molar-refractivity contribution < 1.29 is 0 Å². The van der Waals surface area contributed by atoms with Crippen molar-refractivity contribution in [3.05, 3.63) is 130 Å². The number of benzene rings is 4. The largest absolute Gasteiger partial charge is 0.0622 e. The van der Waals surface area contributed by atoms with Crippen molar-refractivity contribution >= 4 is 59.7 Å². The van der Waals surface area contributed by atoms with Crippen LogP contribution in [0.4, 0.5) is 0 Å². The molecule has 0 bridgehead atoms. The molecule has 29 heavy (non-hydrogen) atoms. The van der Waals surface area contributed by atoms with Gasteiger partial charge in [-0.2, -0.15) is 0 Å². The van der Waals surface area contributed by atoms with Crippen molar-refractivity contribution in [2.75, 3.05) is 0 Å². The standard InChI is InChI=1S/C26H21IP2/c27-26(29(24-17-9-3-10-18-24)25-19-11-4-12-20-25)21-28(22-13-5-1-6-14-22)23-15-7-2-8-16-23/h1-21H/b26-21-. The first-order chi connectivity index (χ1) is 14.3. The molecule has 0 saturated heterocycles. The Morgan fingerprint density at radius 1 is 0.483 bits per heavy atom. The first-order valence-electron chi connectivity index (χ1n) is 9.50. The van der Waals surface area contributed by atoms with Crippen LogP contribution in [0, 0.1) is 0 Å². The summed E-state index contributed by atoms with van der Waals surface area (Å²) in [5, 5.41) is 5.56. The van der Waals surface area contributed by atoms with Crippen LogP contribution in [0.25, 0.3) is 0 Å². The summed E-state index contributed by atoms with van der Waals surface area (Å²) in [6.07, 6.45) is 0. The van der Waals surface area contributed by atoms with Gasteiger partial charge in [-0.15, -0.1) is 0 Å². The van der Waals surface area contributed by atoms with E-state index < -0.39 is 15.8 Å². The fourth-order valence-corrected chi connectivity index (χ4v) is 10.0. The quantitative estimate of drug-likeness (QED) is 0.201. The molecule has 0 N–H and O–H groups in total. The average molecular weight is 522 g/mol. The third kappa shape index (κ3) is 5.23. The lowest BCUT2D eigenvalue weighted by atomic mass is 10.4. The Morgan fingerprint density at radius 3 is 1.14 bits per heavy atom. The van der Waals surface area contributed by atoms with Crippen molar-refractivity contribution in [1.82, 2.24) is 0 Å². The molecule has 0 spiro atoms. The number of hydrogen-bond acceptors (Lipinski definition) is 0. The highest BCUT2D eigenvalue weighted by Crippen LogP contribution is 2.51. The molecule has 0 atom stereocenters. The van der Waals surface area contributed by atoms with Crippen molar-refractivity contribution in [2.24, 2.45) is 0 Å². The van der Waals surface area contributed by atoms with Gasteiger partial charge in [0.15, 0.2) is 0 Å². The molecule has 0 heterocycles. The highest BCUT2D eigenvalue weighted by molar-refractivity contribution is 14.1. The van der Waals surface area contributed by atoms with Crippen LogP contribution < -0.4 is 21.2 Å². The van der Waals surface area contributed by atoms with Gasteiger partial charge in [-0.1, -0.05) is 121 Å². The van der Waals surface area contributed by atoms with Crippen LogP contribution >= 0.6 is 38.4 Å². The lowest BCUT2D eigenvalue weighted by Crippen LogP contribution is -2.13. The molecule has 142 valence electrons. The van der Waals surface area contributed by atoms with Crippen LogP contribution in [-0.2, 0) is 0 Å². The molecule has 0 radical (unpaired) electrons. The molecule has 0 unspecified atom stereocenters. The van der Waals surface area contributed by atoms with Gasteiger partial charge >= 0.3 is 0 Å². The third-order valence-electron chi connectivity index (χ3n) is 4.55. The van der Waals surface area contributed by atoms with E-state index in [1.165, 1.54) is 24.5 Å². The van der Waals surface area contributed by atoms with Gasteiger partial charge in [-0.3, -0.25) is 0 Å². The number of halogens is 1. The zero-order valence-electron chi connectivity index (χ0n) is 15.9. The topological polar surface area (TPSA) is 0 Å². The maximum absolute atomic E-state index is 2.59. The predicted molar refractivity (Wildman–Crippen MR) is 140 cm³/mol. The van der Waals surface area contributed by atoms with Gasteiger partial charge < -0.3 is 0 Å². The Morgan fingerprint density at radius 2 is 0.793 bits per heavy atom. The Labute approximate surface area is 189 Å². The second-order valence-electron chi connectivity index (χ2n) is 6.50. The van der Waals surface area contributed by atoms with E-state index in [-0.39, 0.29) is 0 Å². The molecule has 4 aromatic rings. The molecule has 0 aliphatic carbocycles. The minimum absolute atomic E-state index is 0.557. The Hall–Kier alpha value is -1.79. The molecular weight excluding hydrogens is 501 g/mol. The maximum Gasteiger partial charge on any atom is 0.0242 e. The maximum atomic E-state index is 2.59. The molecular formula is C26H21IP2. The molecule has 4 aromatic carbocycles. The SMILES string of the molecule is I/C(=C/P(c1ccccc1)c1ccccc1)P(c1ccccc1)c1ccccc1. The summed E-state index contributed by atoms with van der Waals surface area (Å²) in [5.41, 5.74) is 0. The van der Waals surface area contributed by atoms with Crippen molar-refractivity contribution in [1.29, 1.82) is 0 Å². The van der Waals surface area contributed by atoms with Crippen LogP contribution in [0.5, 0.6) is 0 Å². The van der Waals surface area contributed by atoms with Gasteiger partial charge in [0.1, 0.15) is 0 Å². The van der Waals surface area contributed by atoms with E-state index in [1.54, 1.807) is 0 Å². The molecule has 0 saturated carbocycles. The Bertz CT molecular complexity index is 970. The second kappa shape index (κ2) is 10.3. The van der Waals surface area contributed by atoms with Crippen LogP contribution in [0.15, 0.2) is 130 Å². The summed E-state index contributed by atoms with van der Waals surface area (Å²) in [7, 11) is -1.12. The first-order valence-corrected chi connectivity index (χ1v) is 13.3. The average Bonchev–Trinajstić information content (AvgIpc) is 2.80. The smallest absolute Gasteiger partial charge is 0.0242 e. The summed E-state index contributed by atoms with van der Waals surface area (Å²) in [6, 6.07) is 43.6. The molecule has 0 aromatic heterocycles. The molecule has 0 nitrogen and oxygen atoms in total. The van der Waals surface area contributed by atoms with Gasteiger partial charge in [0, 0.05) is 3.32 Å². The summed E-state index contributed by atoms with van der Waals surface area (Å²) < 4.78 is 1.42. The molecule has 0 fully saturated rings. The number of rotatable bonds is 6. The zero-order chi connectivity index (χ0) is 19.9. The summed E-state index contributed by atoms with van der Waals surface area (Å²) >= 11 is 2.59. The minimum atomic E-state index is -0.561. The molecule has 0 aliphatic heterocycles. The van der Waals surface area contributed by atoms with Crippen molar-refractivity contribution in [3.8, 4) is 0 Å². The molecule has 4 rings (SSSR count). The lowest BCUT2D eigenvalue weighted by molar-refractivity contribution is 1.75. The van der Waals surface area contributed by atoms with Crippen LogP contribution in [0.1, 0.15) is 0 Å². The van der Waals surface area contributed by atoms with Gasteiger partial charge in [-0.05, 0) is 65.5 Å². The summed E-state index contributed by atoms with van der Waals surface area (Å²) in [5.74, 6) is 2.52. The van der Waals surface area contributed by atoms with Crippen LogP contribution in [0.3, 0.4) is 0 Å². The van der Waals surface area contributed by atoms with E-state index in [4.69, 9.17) is 0 Å². The fraction of sp³-hybridized carbons (Fsp3) is 0. The highest BCUT2D eigenvalue weighted by Gasteiger charge is 2.19. The normalized spacial score (nSPS) is 11.8. The van der Waals surface area contributed by atoms with E-state index in [0.717, 1.165) is 0 Å². The van der Waals surface area contributed by atoms with Gasteiger partial charge in [0.2, 0.25) is 0 Å².